The van der Waals surface area contributed by atoms with Crippen LogP contribution in [0.15, 0.2) is 30.6 Å². The van der Waals surface area contributed by atoms with Gasteiger partial charge in [0.15, 0.2) is 0 Å². The molecule has 2 saturated heterocycles. The van der Waals surface area contributed by atoms with Crippen molar-refractivity contribution in [3.8, 4) is 5.75 Å². The van der Waals surface area contributed by atoms with Crippen LogP contribution in [0.4, 0.5) is 0 Å². The van der Waals surface area contributed by atoms with Gasteiger partial charge in [-0.05, 0) is 56.1 Å². The van der Waals surface area contributed by atoms with Crippen molar-refractivity contribution in [3.63, 3.8) is 0 Å². The second-order valence-corrected chi connectivity index (χ2v) is 9.15. The van der Waals surface area contributed by atoms with Crippen molar-refractivity contribution in [3.05, 3.63) is 45.9 Å². The molecule has 0 radical (unpaired) electrons. The highest BCUT2D eigenvalue weighted by Crippen LogP contribution is 2.44. The zero-order chi connectivity index (χ0) is 19.7. The van der Waals surface area contributed by atoms with Gasteiger partial charge in [0.05, 0.1) is 11.5 Å². The first-order chi connectivity index (χ1) is 14.2. The summed E-state index contributed by atoms with van der Waals surface area (Å²) in [5.74, 6) is 1.01. The minimum atomic E-state index is -0.173. The van der Waals surface area contributed by atoms with Crippen LogP contribution in [-0.2, 0) is 16.8 Å². The number of likely N-dealkylation sites (tertiary alicyclic amines) is 1. The van der Waals surface area contributed by atoms with Gasteiger partial charge in [-0.3, -0.25) is 9.78 Å². The van der Waals surface area contributed by atoms with Crippen molar-refractivity contribution in [1.29, 1.82) is 0 Å². The van der Waals surface area contributed by atoms with E-state index in [9.17, 15) is 4.79 Å². The van der Waals surface area contributed by atoms with E-state index >= 15 is 0 Å². The highest BCUT2D eigenvalue weighted by Gasteiger charge is 2.41. The quantitative estimate of drug-likeness (QED) is 0.838. The van der Waals surface area contributed by atoms with Crippen LogP contribution in [-0.4, -0.2) is 54.7 Å². The number of piperidine rings is 2. The fraction of sp³-hybridized carbons (Fsp3) is 0.545. The van der Waals surface area contributed by atoms with Crippen LogP contribution in [0.2, 0.25) is 0 Å². The highest BCUT2D eigenvalue weighted by atomic mass is 32.1. The van der Waals surface area contributed by atoms with E-state index < -0.39 is 0 Å². The second kappa shape index (κ2) is 8.05. The highest BCUT2D eigenvalue weighted by molar-refractivity contribution is 7.14. The lowest BCUT2D eigenvalue weighted by molar-refractivity contribution is -0.0771. The molecule has 2 fully saturated rings. The number of nitrogens with one attached hydrogen (secondary N) is 1. The zero-order valence-corrected chi connectivity index (χ0v) is 17.4. The number of hydrogen-bond acceptors (Lipinski definition) is 6. The average molecular weight is 414 g/mol. The third kappa shape index (κ3) is 3.79. The van der Waals surface area contributed by atoms with Crippen molar-refractivity contribution in [2.24, 2.45) is 0 Å². The average Bonchev–Trinajstić information content (AvgIpc) is 3.21. The molecular formula is C22H27N3O3S. The van der Waals surface area contributed by atoms with Gasteiger partial charge in [-0.2, -0.15) is 0 Å². The lowest BCUT2D eigenvalue weighted by atomic mass is 9.86. The molecule has 2 aromatic heterocycles. The van der Waals surface area contributed by atoms with Gasteiger partial charge in [0.2, 0.25) is 0 Å². The number of ether oxygens (including phenoxy) is 2. The largest absolute Gasteiger partial charge is 0.490 e. The second-order valence-electron chi connectivity index (χ2n) is 8.10. The number of nitrogens with zero attached hydrogens (tertiary/aromatic N) is 2. The lowest BCUT2D eigenvalue weighted by Crippen LogP contribution is -2.44. The summed E-state index contributed by atoms with van der Waals surface area (Å²) < 4.78 is 12.3. The number of pyridine rings is 1. The zero-order valence-electron chi connectivity index (χ0n) is 16.6. The molecule has 154 valence electrons. The number of carbonyl (C=O) groups excluding carboxylic acids is 1. The Balaban J connectivity index is 1.25. The number of amides is 1. The first-order valence-corrected chi connectivity index (χ1v) is 11.4. The Labute approximate surface area is 175 Å². The molecule has 0 saturated carbocycles. The SMILES string of the molecule is O=C(c1cc2c(s1)C1(CCNCC1)OCC2)N1CCC(Oc2ccncc2)CC1. The number of fused-ring (bicyclic) bond motifs is 2. The van der Waals surface area contributed by atoms with Gasteiger partial charge in [-0.1, -0.05) is 0 Å². The van der Waals surface area contributed by atoms with Gasteiger partial charge < -0.3 is 19.7 Å². The molecule has 2 aromatic rings. The summed E-state index contributed by atoms with van der Waals surface area (Å²) in [5, 5.41) is 3.42. The Hall–Kier alpha value is -1.96. The maximum atomic E-state index is 13.2. The third-order valence-electron chi connectivity index (χ3n) is 6.28. The molecule has 0 aromatic carbocycles. The monoisotopic (exact) mass is 413 g/mol. The summed E-state index contributed by atoms with van der Waals surface area (Å²) in [6.07, 6.45) is 8.25. The molecule has 1 spiro atoms. The molecule has 3 aliphatic heterocycles. The minimum Gasteiger partial charge on any atom is -0.490 e. The molecule has 7 heteroatoms. The summed E-state index contributed by atoms with van der Waals surface area (Å²) in [5.41, 5.74) is 1.15. The molecule has 5 rings (SSSR count). The van der Waals surface area contributed by atoms with Gasteiger partial charge in [-0.25, -0.2) is 0 Å². The molecule has 6 nitrogen and oxygen atoms in total. The van der Waals surface area contributed by atoms with Gasteiger partial charge in [0.25, 0.3) is 5.91 Å². The van der Waals surface area contributed by atoms with Crippen LogP contribution in [0.5, 0.6) is 5.75 Å². The summed E-state index contributed by atoms with van der Waals surface area (Å²) in [6, 6.07) is 5.90. The molecule has 5 heterocycles. The van der Waals surface area contributed by atoms with E-state index in [1.807, 2.05) is 17.0 Å². The molecule has 1 N–H and O–H groups in total. The lowest BCUT2D eigenvalue weighted by Gasteiger charge is -2.40. The van der Waals surface area contributed by atoms with Gasteiger partial charge >= 0.3 is 0 Å². The van der Waals surface area contributed by atoms with Gasteiger partial charge in [0, 0.05) is 43.2 Å². The first kappa shape index (κ1) is 19.0. The molecule has 29 heavy (non-hydrogen) atoms. The fourth-order valence-corrected chi connectivity index (χ4v) is 6.05. The number of thiophene rings is 1. The van der Waals surface area contributed by atoms with E-state index in [-0.39, 0.29) is 17.6 Å². The molecule has 1 amide bonds. The summed E-state index contributed by atoms with van der Waals surface area (Å²) in [7, 11) is 0. The van der Waals surface area contributed by atoms with E-state index in [1.54, 1.807) is 23.7 Å². The molecule has 0 unspecified atom stereocenters. The van der Waals surface area contributed by atoms with E-state index in [1.165, 1.54) is 10.4 Å². The summed E-state index contributed by atoms with van der Waals surface area (Å²) in [4.78, 5) is 21.4. The Morgan fingerprint density at radius 3 is 2.76 bits per heavy atom. The number of hydrogen-bond donors (Lipinski definition) is 1. The van der Waals surface area contributed by atoms with Crippen LogP contribution in [0, 0.1) is 0 Å². The maximum Gasteiger partial charge on any atom is 0.263 e. The van der Waals surface area contributed by atoms with Crippen LogP contribution >= 0.6 is 11.3 Å². The Morgan fingerprint density at radius 2 is 2.00 bits per heavy atom. The molecule has 3 aliphatic rings. The molecule has 0 atom stereocenters. The Bertz CT molecular complexity index is 855. The van der Waals surface area contributed by atoms with Gasteiger partial charge in [0.1, 0.15) is 17.5 Å². The minimum absolute atomic E-state index is 0.157. The third-order valence-corrected chi connectivity index (χ3v) is 7.63. The number of rotatable bonds is 3. The number of aromatic nitrogens is 1. The Kier molecular flexibility index (Phi) is 5.28. The van der Waals surface area contributed by atoms with Crippen LogP contribution < -0.4 is 10.1 Å². The summed E-state index contributed by atoms with van der Waals surface area (Å²) >= 11 is 1.66. The number of carbonyl (C=O) groups is 1. The molecular weight excluding hydrogens is 386 g/mol. The Morgan fingerprint density at radius 1 is 1.24 bits per heavy atom. The van der Waals surface area contributed by atoms with Crippen molar-refractivity contribution in [2.75, 3.05) is 32.8 Å². The van der Waals surface area contributed by atoms with Crippen molar-refractivity contribution >= 4 is 17.2 Å². The smallest absolute Gasteiger partial charge is 0.263 e. The topological polar surface area (TPSA) is 63.7 Å². The van der Waals surface area contributed by atoms with E-state index in [4.69, 9.17) is 9.47 Å². The fourth-order valence-electron chi connectivity index (χ4n) is 4.67. The first-order valence-electron chi connectivity index (χ1n) is 10.6. The van der Waals surface area contributed by atoms with Crippen LogP contribution in [0.3, 0.4) is 0 Å². The normalized spacial score (nSPS) is 21.7. The van der Waals surface area contributed by atoms with Crippen LogP contribution in [0.25, 0.3) is 0 Å². The standard InChI is InChI=1S/C22H27N3O3S/c26-21(25-12-3-18(4-13-25)28-17-1-8-23-9-2-17)19-15-16-5-14-27-22(20(16)29-19)6-10-24-11-7-22/h1-2,8-9,15,18,24H,3-7,10-14H2. The van der Waals surface area contributed by atoms with Crippen molar-refractivity contribution in [1.82, 2.24) is 15.2 Å². The predicted octanol–water partition coefficient (Wildman–Crippen LogP) is 2.98. The van der Waals surface area contributed by atoms with E-state index in [0.717, 1.165) is 75.5 Å². The van der Waals surface area contributed by atoms with E-state index in [2.05, 4.69) is 16.4 Å². The van der Waals surface area contributed by atoms with Crippen molar-refractivity contribution < 1.29 is 14.3 Å². The predicted molar refractivity (Wildman–Crippen MR) is 112 cm³/mol. The summed E-state index contributed by atoms with van der Waals surface area (Å²) in [6.45, 7) is 4.19. The van der Waals surface area contributed by atoms with E-state index in [0.29, 0.717) is 0 Å². The molecule has 0 bridgehead atoms. The molecule has 0 aliphatic carbocycles. The van der Waals surface area contributed by atoms with Gasteiger partial charge in [-0.15, -0.1) is 11.3 Å². The van der Waals surface area contributed by atoms with Crippen molar-refractivity contribution in [2.45, 2.75) is 43.8 Å². The maximum absolute atomic E-state index is 13.2. The van der Waals surface area contributed by atoms with Crippen LogP contribution in [0.1, 0.15) is 45.8 Å².